The van der Waals surface area contributed by atoms with Gasteiger partial charge in [-0.2, -0.15) is 0 Å². The summed E-state index contributed by atoms with van der Waals surface area (Å²) in [4.78, 5) is 0. The Morgan fingerprint density at radius 3 is 2.33 bits per heavy atom. The molecule has 0 atom stereocenters. The standard InChI is InChI=1S/C30H37F3O3/c1-3-4-5-6-28-35-18-24(19-36-28)25-15-13-22(29(32)30(25)33)12-9-20-7-10-21(11-8-20)23-14-16-27(34-2)26(31)17-23/h9,12-17,20-21,24,28H,3-8,10-11,18-19H2,1-2H3. The molecule has 0 aromatic heterocycles. The van der Waals surface area contributed by atoms with E-state index in [0.29, 0.717) is 24.7 Å². The topological polar surface area (TPSA) is 27.7 Å². The van der Waals surface area contributed by atoms with Gasteiger partial charge in [-0.3, -0.25) is 0 Å². The molecule has 3 nitrogen and oxygen atoms in total. The molecule has 2 fully saturated rings. The van der Waals surface area contributed by atoms with Crippen LogP contribution in [0.15, 0.2) is 36.4 Å². The lowest BCUT2D eigenvalue weighted by Crippen LogP contribution is -2.31. The summed E-state index contributed by atoms with van der Waals surface area (Å²) in [5.74, 6) is -1.44. The summed E-state index contributed by atoms with van der Waals surface area (Å²) < 4.78 is 60.4. The van der Waals surface area contributed by atoms with Crippen LogP contribution in [-0.4, -0.2) is 26.6 Å². The smallest absolute Gasteiger partial charge is 0.166 e. The Kier molecular flexibility index (Phi) is 9.49. The summed E-state index contributed by atoms with van der Waals surface area (Å²) >= 11 is 0. The van der Waals surface area contributed by atoms with E-state index in [-0.39, 0.29) is 35.3 Å². The molecule has 36 heavy (non-hydrogen) atoms. The molecule has 6 heteroatoms. The first-order valence-corrected chi connectivity index (χ1v) is 13.2. The molecule has 0 bridgehead atoms. The molecule has 0 amide bonds. The van der Waals surface area contributed by atoms with E-state index in [2.05, 4.69) is 6.92 Å². The van der Waals surface area contributed by atoms with Gasteiger partial charge in [0.1, 0.15) is 0 Å². The number of allylic oxidation sites excluding steroid dienone is 1. The third kappa shape index (κ3) is 6.51. The third-order valence-corrected chi connectivity index (χ3v) is 7.56. The van der Waals surface area contributed by atoms with Crippen LogP contribution in [0.2, 0.25) is 0 Å². The van der Waals surface area contributed by atoms with E-state index in [4.69, 9.17) is 14.2 Å². The maximum Gasteiger partial charge on any atom is 0.166 e. The zero-order chi connectivity index (χ0) is 25.5. The van der Waals surface area contributed by atoms with Gasteiger partial charge >= 0.3 is 0 Å². The highest BCUT2D eigenvalue weighted by Crippen LogP contribution is 2.38. The minimum atomic E-state index is -0.823. The van der Waals surface area contributed by atoms with Gasteiger partial charge in [-0.15, -0.1) is 0 Å². The van der Waals surface area contributed by atoms with E-state index in [1.54, 1.807) is 30.3 Å². The SMILES string of the molecule is CCCCCC1OCC(c2ccc(C=CC3CCC(c4ccc(OC)c(F)c4)CC3)c(F)c2F)CO1. The molecule has 196 valence electrons. The van der Waals surface area contributed by atoms with Crippen LogP contribution in [0.1, 0.15) is 86.8 Å². The van der Waals surface area contributed by atoms with Crippen molar-refractivity contribution in [1.29, 1.82) is 0 Å². The molecule has 1 saturated heterocycles. The molecular formula is C30H37F3O3. The molecule has 0 radical (unpaired) electrons. The van der Waals surface area contributed by atoms with Gasteiger partial charge < -0.3 is 14.2 Å². The summed E-state index contributed by atoms with van der Waals surface area (Å²) in [7, 11) is 1.46. The summed E-state index contributed by atoms with van der Waals surface area (Å²) in [5.41, 5.74) is 1.55. The normalized spacial score (nSPS) is 24.8. The average molecular weight is 503 g/mol. The van der Waals surface area contributed by atoms with Crippen molar-refractivity contribution in [2.45, 2.75) is 76.4 Å². The highest BCUT2D eigenvalue weighted by molar-refractivity contribution is 5.52. The molecule has 2 aromatic rings. The van der Waals surface area contributed by atoms with E-state index in [9.17, 15) is 13.2 Å². The van der Waals surface area contributed by atoms with Gasteiger partial charge in [-0.05, 0) is 73.6 Å². The second-order valence-corrected chi connectivity index (χ2v) is 10.0. The Morgan fingerprint density at radius 1 is 0.917 bits per heavy atom. The fourth-order valence-electron chi connectivity index (χ4n) is 5.30. The molecule has 2 aromatic carbocycles. The summed E-state index contributed by atoms with van der Waals surface area (Å²) in [6.45, 7) is 2.82. The Balaban J connectivity index is 1.31. The molecule has 1 heterocycles. The number of benzene rings is 2. The highest BCUT2D eigenvalue weighted by atomic mass is 19.2. The monoisotopic (exact) mass is 502 g/mol. The van der Waals surface area contributed by atoms with Crippen molar-refractivity contribution in [1.82, 2.24) is 0 Å². The lowest BCUT2D eigenvalue weighted by atomic mass is 9.78. The predicted octanol–water partition coefficient (Wildman–Crippen LogP) is 8.14. The van der Waals surface area contributed by atoms with E-state index >= 15 is 0 Å². The Morgan fingerprint density at radius 2 is 1.67 bits per heavy atom. The van der Waals surface area contributed by atoms with Gasteiger partial charge in [0.25, 0.3) is 0 Å². The predicted molar refractivity (Wildman–Crippen MR) is 136 cm³/mol. The van der Waals surface area contributed by atoms with Gasteiger partial charge in [0.05, 0.1) is 20.3 Å². The van der Waals surface area contributed by atoms with Crippen LogP contribution < -0.4 is 4.74 Å². The van der Waals surface area contributed by atoms with Crippen LogP contribution in [0.3, 0.4) is 0 Å². The van der Waals surface area contributed by atoms with Crippen LogP contribution >= 0.6 is 0 Å². The molecule has 1 aliphatic heterocycles. The minimum Gasteiger partial charge on any atom is -0.494 e. The van der Waals surface area contributed by atoms with Crippen LogP contribution in [0.5, 0.6) is 5.75 Å². The Bertz CT molecular complexity index is 1020. The van der Waals surface area contributed by atoms with E-state index in [0.717, 1.165) is 56.9 Å². The summed E-state index contributed by atoms with van der Waals surface area (Å²) in [5, 5.41) is 0. The second kappa shape index (κ2) is 12.8. The zero-order valence-electron chi connectivity index (χ0n) is 21.3. The molecule has 0 unspecified atom stereocenters. The lowest BCUT2D eigenvalue weighted by Gasteiger charge is -2.30. The maximum absolute atomic E-state index is 14.9. The molecular weight excluding hydrogens is 465 g/mol. The van der Waals surface area contributed by atoms with Crippen molar-refractivity contribution in [2.24, 2.45) is 5.92 Å². The lowest BCUT2D eigenvalue weighted by molar-refractivity contribution is -0.190. The summed E-state index contributed by atoms with van der Waals surface area (Å²) in [6, 6.07) is 8.46. The number of hydrogen-bond donors (Lipinski definition) is 0. The van der Waals surface area contributed by atoms with Crippen molar-refractivity contribution in [3.8, 4) is 5.75 Å². The quantitative estimate of drug-likeness (QED) is 0.324. The van der Waals surface area contributed by atoms with E-state index < -0.39 is 11.6 Å². The van der Waals surface area contributed by atoms with Crippen LogP contribution in [-0.2, 0) is 9.47 Å². The molecule has 0 spiro atoms. The molecule has 4 rings (SSSR count). The van der Waals surface area contributed by atoms with Gasteiger partial charge in [-0.1, -0.05) is 50.1 Å². The van der Waals surface area contributed by atoms with Gasteiger partial charge in [0, 0.05) is 11.5 Å². The van der Waals surface area contributed by atoms with Crippen LogP contribution in [0.25, 0.3) is 6.08 Å². The number of methoxy groups -OCH3 is 1. The molecule has 2 aliphatic rings. The van der Waals surface area contributed by atoms with Crippen molar-refractivity contribution in [3.63, 3.8) is 0 Å². The van der Waals surface area contributed by atoms with Crippen molar-refractivity contribution in [3.05, 3.63) is 70.5 Å². The van der Waals surface area contributed by atoms with Crippen molar-refractivity contribution < 1.29 is 27.4 Å². The molecule has 1 saturated carbocycles. The fourth-order valence-corrected chi connectivity index (χ4v) is 5.30. The number of ether oxygens (including phenoxy) is 3. The van der Waals surface area contributed by atoms with Gasteiger partial charge in [0.15, 0.2) is 29.5 Å². The maximum atomic E-state index is 14.9. The van der Waals surface area contributed by atoms with Gasteiger partial charge in [-0.25, -0.2) is 13.2 Å². The zero-order valence-corrected chi connectivity index (χ0v) is 21.3. The van der Waals surface area contributed by atoms with Gasteiger partial charge in [0.2, 0.25) is 0 Å². The first-order valence-electron chi connectivity index (χ1n) is 13.2. The van der Waals surface area contributed by atoms with Crippen molar-refractivity contribution in [2.75, 3.05) is 20.3 Å². The Labute approximate surface area is 212 Å². The number of rotatable bonds is 9. The number of halogens is 3. The first kappa shape index (κ1) is 26.7. The number of hydrogen-bond acceptors (Lipinski definition) is 3. The van der Waals surface area contributed by atoms with E-state index in [1.165, 1.54) is 7.11 Å². The fraction of sp³-hybridized carbons (Fsp3) is 0.533. The highest BCUT2D eigenvalue weighted by Gasteiger charge is 2.27. The van der Waals surface area contributed by atoms with E-state index in [1.807, 2.05) is 12.1 Å². The minimum absolute atomic E-state index is 0.248. The molecule has 0 N–H and O–H groups in total. The molecule has 1 aliphatic carbocycles. The van der Waals surface area contributed by atoms with Crippen LogP contribution in [0, 0.1) is 23.4 Å². The average Bonchev–Trinajstić information content (AvgIpc) is 2.90. The van der Waals surface area contributed by atoms with Crippen molar-refractivity contribution >= 4 is 6.08 Å². The largest absolute Gasteiger partial charge is 0.494 e. The first-order chi connectivity index (χ1) is 17.5. The number of unbranched alkanes of at least 4 members (excludes halogenated alkanes) is 2. The second-order valence-electron chi connectivity index (χ2n) is 10.0. The summed E-state index contributed by atoms with van der Waals surface area (Å²) in [6.07, 6.45) is 11.3. The Hall–Kier alpha value is -2.31. The third-order valence-electron chi connectivity index (χ3n) is 7.56. The van der Waals surface area contributed by atoms with Crippen LogP contribution in [0.4, 0.5) is 13.2 Å².